The van der Waals surface area contributed by atoms with Crippen LogP contribution >= 0.6 is 11.8 Å². The molecule has 0 bridgehead atoms. The lowest BCUT2D eigenvalue weighted by Crippen LogP contribution is -2.23. The molecule has 0 spiro atoms. The fraction of sp³-hybridized carbons (Fsp3) is 0.0833. The Bertz CT molecular complexity index is 1240. The highest BCUT2D eigenvalue weighted by molar-refractivity contribution is 7.99. The van der Waals surface area contributed by atoms with Gasteiger partial charge in [-0.05, 0) is 61.5 Å². The second kappa shape index (κ2) is 9.40. The Morgan fingerprint density at radius 1 is 0.968 bits per heavy atom. The topological polar surface area (TPSA) is 76.9 Å². The molecule has 1 amide bonds. The number of pyridine rings is 1. The van der Waals surface area contributed by atoms with E-state index in [2.05, 4.69) is 15.4 Å². The lowest BCUT2D eigenvalue weighted by atomic mass is 10.2. The maximum absolute atomic E-state index is 12.4. The van der Waals surface area contributed by atoms with Gasteiger partial charge in [0, 0.05) is 22.7 Å². The molecule has 0 unspecified atom stereocenters. The van der Waals surface area contributed by atoms with E-state index in [9.17, 15) is 9.59 Å². The largest absolute Gasteiger partial charge is 0.346 e. The molecule has 1 N–H and O–H groups in total. The summed E-state index contributed by atoms with van der Waals surface area (Å²) >= 11 is 1.49. The second-order valence-corrected chi connectivity index (χ2v) is 7.98. The van der Waals surface area contributed by atoms with Gasteiger partial charge in [-0.3, -0.25) is 14.6 Å². The summed E-state index contributed by atoms with van der Waals surface area (Å²) in [4.78, 5) is 30.0. The molecule has 154 valence electrons. The van der Waals surface area contributed by atoms with Crippen LogP contribution in [0.15, 0.2) is 99.8 Å². The van der Waals surface area contributed by atoms with Crippen molar-refractivity contribution in [2.75, 3.05) is 0 Å². The van der Waals surface area contributed by atoms with Gasteiger partial charge in [-0.25, -0.2) is 0 Å². The molecule has 0 aliphatic heterocycles. The van der Waals surface area contributed by atoms with Gasteiger partial charge in [0.2, 0.25) is 0 Å². The molecule has 2 heterocycles. The average Bonchev–Trinajstić information content (AvgIpc) is 2.81. The Labute approximate surface area is 184 Å². The summed E-state index contributed by atoms with van der Waals surface area (Å²) in [6.45, 7) is 2.39. The Hall–Kier alpha value is -3.71. The summed E-state index contributed by atoms with van der Waals surface area (Å²) in [5.41, 5.74) is 2.83. The summed E-state index contributed by atoms with van der Waals surface area (Å²) in [6.07, 6.45) is 1.69. The normalized spacial score (nSPS) is 10.6. The number of rotatable bonds is 6. The lowest BCUT2D eigenvalue weighted by Gasteiger charge is -2.09. The molecule has 0 aliphatic carbocycles. The molecule has 0 saturated carbocycles. The van der Waals surface area contributed by atoms with Crippen molar-refractivity contribution in [3.63, 3.8) is 0 Å². The minimum atomic E-state index is -0.236. The molecule has 0 radical (unpaired) electrons. The number of aromatic nitrogens is 3. The first-order valence-corrected chi connectivity index (χ1v) is 10.5. The maximum Gasteiger partial charge on any atom is 0.271 e. The summed E-state index contributed by atoms with van der Waals surface area (Å²) in [6, 6.07) is 23.7. The van der Waals surface area contributed by atoms with Gasteiger partial charge >= 0.3 is 0 Å². The maximum atomic E-state index is 12.4. The van der Waals surface area contributed by atoms with E-state index in [4.69, 9.17) is 0 Å². The van der Waals surface area contributed by atoms with Crippen molar-refractivity contribution in [3.05, 3.63) is 112 Å². The fourth-order valence-electron chi connectivity index (χ4n) is 2.89. The van der Waals surface area contributed by atoms with Gasteiger partial charge < -0.3 is 5.32 Å². The highest BCUT2D eigenvalue weighted by Gasteiger charge is 2.09. The third-order valence-electron chi connectivity index (χ3n) is 4.55. The van der Waals surface area contributed by atoms with Crippen LogP contribution in [-0.4, -0.2) is 20.7 Å². The van der Waals surface area contributed by atoms with Gasteiger partial charge in [0.1, 0.15) is 5.03 Å². The Kier molecular flexibility index (Phi) is 6.24. The third-order valence-corrected chi connectivity index (χ3v) is 5.48. The quantitative estimate of drug-likeness (QED) is 0.502. The van der Waals surface area contributed by atoms with Crippen LogP contribution in [-0.2, 0) is 6.54 Å². The van der Waals surface area contributed by atoms with Gasteiger partial charge in [-0.2, -0.15) is 9.78 Å². The zero-order chi connectivity index (χ0) is 21.6. The van der Waals surface area contributed by atoms with Gasteiger partial charge in [0.15, 0.2) is 0 Å². The van der Waals surface area contributed by atoms with Crippen LogP contribution < -0.4 is 10.9 Å². The van der Waals surface area contributed by atoms with E-state index in [-0.39, 0.29) is 11.5 Å². The highest BCUT2D eigenvalue weighted by atomic mass is 32.2. The van der Waals surface area contributed by atoms with Crippen molar-refractivity contribution in [1.29, 1.82) is 0 Å². The van der Waals surface area contributed by atoms with E-state index >= 15 is 0 Å². The molecule has 4 rings (SSSR count). The molecule has 0 aliphatic rings. The van der Waals surface area contributed by atoms with E-state index in [1.54, 1.807) is 36.5 Å². The number of amides is 1. The number of hydrogen-bond acceptors (Lipinski definition) is 5. The molecule has 7 heteroatoms. The van der Waals surface area contributed by atoms with Crippen molar-refractivity contribution in [3.8, 4) is 5.69 Å². The Morgan fingerprint density at radius 2 is 1.74 bits per heavy atom. The number of benzene rings is 2. The summed E-state index contributed by atoms with van der Waals surface area (Å²) in [7, 11) is 0. The standard InChI is InChI=1S/C24H20N4O2S/c1-17-5-11-21(12-6-17)31-22-13-14-23(29)28(27-22)20-9-7-18(8-10-20)24(30)26-16-19-4-2-3-15-25-19/h2-15H,16H2,1H3,(H,26,30). The van der Waals surface area contributed by atoms with Crippen LogP contribution in [0.2, 0.25) is 0 Å². The zero-order valence-corrected chi connectivity index (χ0v) is 17.7. The number of carbonyl (C=O) groups excluding carboxylic acids is 1. The van der Waals surface area contributed by atoms with Gasteiger partial charge in [0.05, 0.1) is 17.9 Å². The summed E-state index contributed by atoms with van der Waals surface area (Å²) < 4.78 is 1.34. The number of nitrogens with zero attached hydrogens (tertiary/aromatic N) is 3. The first kappa shape index (κ1) is 20.6. The van der Waals surface area contributed by atoms with Crippen molar-refractivity contribution in [2.24, 2.45) is 0 Å². The van der Waals surface area contributed by atoms with Gasteiger partial charge in [0.25, 0.3) is 11.5 Å². The first-order valence-electron chi connectivity index (χ1n) is 9.72. The second-order valence-electron chi connectivity index (χ2n) is 6.89. The summed E-state index contributed by atoms with van der Waals surface area (Å²) in [5.74, 6) is -0.207. The minimum Gasteiger partial charge on any atom is -0.346 e. The van der Waals surface area contributed by atoms with Gasteiger partial charge in [-0.1, -0.05) is 35.5 Å². The van der Waals surface area contributed by atoms with E-state index in [0.717, 1.165) is 10.6 Å². The van der Waals surface area contributed by atoms with Crippen LogP contribution in [0, 0.1) is 6.92 Å². The van der Waals surface area contributed by atoms with E-state index < -0.39 is 0 Å². The van der Waals surface area contributed by atoms with E-state index in [1.807, 2.05) is 49.4 Å². The van der Waals surface area contributed by atoms with Crippen molar-refractivity contribution in [2.45, 2.75) is 23.4 Å². The van der Waals surface area contributed by atoms with Crippen LogP contribution in [0.3, 0.4) is 0 Å². The summed E-state index contributed by atoms with van der Waals surface area (Å²) in [5, 5.41) is 8.02. The van der Waals surface area contributed by atoms with Crippen LogP contribution in [0.25, 0.3) is 5.69 Å². The van der Waals surface area contributed by atoms with Crippen molar-refractivity contribution < 1.29 is 4.79 Å². The predicted molar refractivity (Wildman–Crippen MR) is 121 cm³/mol. The van der Waals surface area contributed by atoms with Crippen LogP contribution in [0.1, 0.15) is 21.6 Å². The van der Waals surface area contributed by atoms with Gasteiger partial charge in [-0.15, -0.1) is 0 Å². The highest BCUT2D eigenvalue weighted by Crippen LogP contribution is 2.25. The molecule has 0 fully saturated rings. The number of aryl methyl sites for hydroxylation is 1. The minimum absolute atomic E-state index is 0.207. The lowest BCUT2D eigenvalue weighted by molar-refractivity contribution is 0.0950. The number of carbonyl (C=O) groups is 1. The monoisotopic (exact) mass is 428 g/mol. The molecule has 0 saturated heterocycles. The van der Waals surface area contributed by atoms with Crippen molar-refractivity contribution in [1.82, 2.24) is 20.1 Å². The van der Waals surface area contributed by atoms with Crippen molar-refractivity contribution >= 4 is 17.7 Å². The van der Waals surface area contributed by atoms with E-state index in [1.165, 1.54) is 28.1 Å². The fourth-order valence-corrected chi connectivity index (χ4v) is 3.66. The predicted octanol–water partition coefficient (Wildman–Crippen LogP) is 4.02. The van der Waals surface area contributed by atoms with Crippen LogP contribution in [0.4, 0.5) is 0 Å². The average molecular weight is 429 g/mol. The smallest absolute Gasteiger partial charge is 0.271 e. The SMILES string of the molecule is Cc1ccc(Sc2ccc(=O)n(-c3ccc(C(=O)NCc4ccccn4)cc3)n2)cc1. The zero-order valence-electron chi connectivity index (χ0n) is 16.9. The Balaban J connectivity index is 1.48. The first-order chi connectivity index (χ1) is 15.1. The molecule has 31 heavy (non-hydrogen) atoms. The molecule has 0 atom stereocenters. The Morgan fingerprint density at radius 3 is 2.45 bits per heavy atom. The van der Waals surface area contributed by atoms with Crippen LogP contribution in [0.5, 0.6) is 0 Å². The molecule has 4 aromatic rings. The molecule has 6 nitrogen and oxygen atoms in total. The third kappa shape index (κ3) is 5.26. The van der Waals surface area contributed by atoms with E-state index in [0.29, 0.717) is 22.8 Å². The molecular weight excluding hydrogens is 408 g/mol. The molecule has 2 aromatic heterocycles. The number of nitrogens with one attached hydrogen (secondary N) is 1. The number of hydrogen-bond donors (Lipinski definition) is 1. The molecular formula is C24H20N4O2S. The molecule has 2 aromatic carbocycles.